The van der Waals surface area contributed by atoms with Crippen molar-refractivity contribution in [3.8, 4) is 28.5 Å². The predicted octanol–water partition coefficient (Wildman–Crippen LogP) is 3.72. The Morgan fingerprint density at radius 1 is 1.06 bits per heavy atom. The number of hydrogen-bond acceptors (Lipinski definition) is 7. The van der Waals surface area contributed by atoms with Crippen LogP contribution < -0.4 is 9.47 Å². The van der Waals surface area contributed by atoms with Gasteiger partial charge in [0.25, 0.3) is 0 Å². The van der Waals surface area contributed by atoms with Gasteiger partial charge < -0.3 is 14.6 Å². The third-order valence-electron chi connectivity index (χ3n) is 5.42. The zero-order chi connectivity index (χ0) is 25.2. The lowest BCUT2D eigenvalue weighted by molar-refractivity contribution is 0.0683. The Morgan fingerprint density at radius 2 is 1.80 bits per heavy atom. The molecule has 1 fully saturated rings. The summed E-state index contributed by atoms with van der Waals surface area (Å²) in [6.07, 6.45) is 5.64. The molecule has 0 aliphatic carbocycles. The first-order valence-corrected chi connectivity index (χ1v) is 12.4. The van der Waals surface area contributed by atoms with E-state index < -0.39 is 27.6 Å². The van der Waals surface area contributed by atoms with Crippen molar-refractivity contribution in [2.45, 2.75) is 18.9 Å². The summed E-state index contributed by atoms with van der Waals surface area (Å²) in [4.78, 5) is 20.0. The van der Waals surface area contributed by atoms with Gasteiger partial charge in [0.2, 0.25) is 15.9 Å². The topological polar surface area (TPSA) is 119 Å². The summed E-state index contributed by atoms with van der Waals surface area (Å²) in [6, 6.07) is 6.16. The molecule has 0 atom stereocenters. The molecule has 35 heavy (non-hydrogen) atoms. The molecular weight excluding hydrogens is 484 g/mol. The Balaban J connectivity index is 1.50. The van der Waals surface area contributed by atoms with Gasteiger partial charge in [0, 0.05) is 30.9 Å². The van der Waals surface area contributed by atoms with Crippen molar-refractivity contribution < 1.29 is 36.6 Å². The molecule has 2 aromatic heterocycles. The smallest absolute Gasteiger partial charge is 0.339 e. The molecule has 3 aromatic rings. The zero-order valence-electron chi connectivity index (χ0n) is 18.5. The number of benzene rings is 1. The minimum absolute atomic E-state index is 0.0362. The van der Waals surface area contributed by atoms with Gasteiger partial charge in [-0.15, -0.1) is 0 Å². The summed E-state index contributed by atoms with van der Waals surface area (Å²) < 4.78 is 62.9. The minimum atomic E-state index is -3.29. The van der Waals surface area contributed by atoms with Crippen LogP contribution in [0.4, 0.5) is 8.78 Å². The number of carboxylic acid groups (broad SMARTS) is 1. The second kappa shape index (κ2) is 9.92. The van der Waals surface area contributed by atoms with Crippen molar-refractivity contribution in [3.63, 3.8) is 0 Å². The number of nitrogens with zero attached hydrogens (tertiary/aromatic N) is 3. The second-order valence-corrected chi connectivity index (χ2v) is 9.93. The van der Waals surface area contributed by atoms with Gasteiger partial charge in [0.05, 0.1) is 18.6 Å². The molecule has 0 bridgehead atoms. The van der Waals surface area contributed by atoms with Crippen molar-refractivity contribution in [3.05, 3.63) is 66.1 Å². The number of halogens is 2. The number of carboxylic acids is 1. The maximum atomic E-state index is 13.6. The molecule has 0 spiro atoms. The molecule has 0 radical (unpaired) electrons. The third kappa shape index (κ3) is 5.89. The number of aromatic nitrogens is 2. The SMILES string of the molecule is CS(=O)(=O)N1CCC(Oc2cnc(Oc3cncc(-c4ccc(F)c(F)c4)c3)cc2C(=O)O)CC1. The summed E-state index contributed by atoms with van der Waals surface area (Å²) in [6.45, 7) is 0.559. The summed E-state index contributed by atoms with van der Waals surface area (Å²) in [5.74, 6) is -3.02. The van der Waals surface area contributed by atoms with E-state index in [0.29, 0.717) is 24.0 Å². The van der Waals surface area contributed by atoms with Crippen molar-refractivity contribution in [1.29, 1.82) is 0 Å². The molecule has 9 nitrogen and oxygen atoms in total. The van der Waals surface area contributed by atoms with Gasteiger partial charge in [-0.2, -0.15) is 0 Å². The van der Waals surface area contributed by atoms with Crippen LogP contribution in [0.3, 0.4) is 0 Å². The highest BCUT2D eigenvalue weighted by Crippen LogP contribution is 2.30. The monoisotopic (exact) mass is 505 g/mol. The number of rotatable bonds is 7. The Labute approximate surface area is 200 Å². The van der Waals surface area contributed by atoms with Gasteiger partial charge in [-0.25, -0.2) is 31.3 Å². The molecule has 184 valence electrons. The van der Waals surface area contributed by atoms with Gasteiger partial charge in [0.1, 0.15) is 17.4 Å². The van der Waals surface area contributed by atoms with Crippen LogP contribution in [-0.2, 0) is 10.0 Å². The van der Waals surface area contributed by atoms with E-state index >= 15 is 0 Å². The van der Waals surface area contributed by atoms with Crippen LogP contribution in [0.25, 0.3) is 11.1 Å². The van der Waals surface area contributed by atoms with Crippen LogP contribution >= 0.6 is 0 Å². The fourth-order valence-electron chi connectivity index (χ4n) is 3.63. The van der Waals surface area contributed by atoms with E-state index in [1.165, 1.54) is 41.1 Å². The highest BCUT2D eigenvalue weighted by atomic mass is 32.2. The maximum absolute atomic E-state index is 13.6. The lowest BCUT2D eigenvalue weighted by Gasteiger charge is -2.30. The zero-order valence-corrected chi connectivity index (χ0v) is 19.3. The van der Waals surface area contributed by atoms with Gasteiger partial charge in [0.15, 0.2) is 17.4 Å². The van der Waals surface area contributed by atoms with E-state index in [1.807, 2.05) is 0 Å². The van der Waals surface area contributed by atoms with E-state index in [9.17, 15) is 27.1 Å². The van der Waals surface area contributed by atoms with Crippen LogP contribution in [0.15, 0.2) is 48.9 Å². The molecule has 1 N–H and O–H groups in total. The molecule has 1 aliphatic heterocycles. The third-order valence-corrected chi connectivity index (χ3v) is 6.73. The molecule has 3 heterocycles. The van der Waals surface area contributed by atoms with E-state index in [0.717, 1.165) is 18.4 Å². The first kappa shape index (κ1) is 24.5. The van der Waals surface area contributed by atoms with Crippen LogP contribution in [0.5, 0.6) is 17.4 Å². The predicted molar refractivity (Wildman–Crippen MR) is 121 cm³/mol. The highest BCUT2D eigenvalue weighted by molar-refractivity contribution is 7.88. The quantitative estimate of drug-likeness (QED) is 0.516. The second-order valence-electron chi connectivity index (χ2n) is 7.94. The van der Waals surface area contributed by atoms with Crippen LogP contribution in [-0.4, -0.2) is 59.2 Å². The Morgan fingerprint density at radius 3 is 2.46 bits per heavy atom. The number of pyridine rings is 2. The fourth-order valence-corrected chi connectivity index (χ4v) is 4.50. The fraction of sp³-hybridized carbons (Fsp3) is 0.261. The minimum Gasteiger partial charge on any atom is -0.488 e. The summed E-state index contributed by atoms with van der Waals surface area (Å²) >= 11 is 0. The Hall–Kier alpha value is -3.64. The van der Waals surface area contributed by atoms with E-state index in [4.69, 9.17) is 9.47 Å². The molecule has 0 unspecified atom stereocenters. The molecule has 4 rings (SSSR count). The molecule has 0 saturated carbocycles. The number of aromatic carboxylic acids is 1. The summed E-state index contributed by atoms with van der Waals surface area (Å²) in [5.41, 5.74) is 0.664. The van der Waals surface area contributed by atoms with Gasteiger partial charge >= 0.3 is 5.97 Å². The van der Waals surface area contributed by atoms with Crippen molar-refractivity contribution in [2.24, 2.45) is 0 Å². The van der Waals surface area contributed by atoms with E-state index in [2.05, 4.69) is 9.97 Å². The molecule has 1 saturated heterocycles. The van der Waals surface area contributed by atoms with Crippen molar-refractivity contribution in [2.75, 3.05) is 19.3 Å². The van der Waals surface area contributed by atoms with Crippen molar-refractivity contribution >= 4 is 16.0 Å². The van der Waals surface area contributed by atoms with Gasteiger partial charge in [-0.3, -0.25) is 4.98 Å². The molecule has 1 aromatic carbocycles. The number of sulfonamides is 1. The number of ether oxygens (including phenoxy) is 2. The standard InChI is InChI=1S/C23H21F2N3O6S/c1-35(31,32)28-6-4-16(5-7-28)33-21-13-27-22(10-18(21)23(29)30)34-17-8-15(11-26-12-17)14-2-3-19(24)20(25)9-14/h2-3,8-13,16H,4-7H2,1H3,(H,29,30). The Kier molecular flexibility index (Phi) is 6.94. The summed E-state index contributed by atoms with van der Waals surface area (Å²) in [7, 11) is -3.29. The molecule has 0 amide bonds. The van der Waals surface area contributed by atoms with Crippen molar-refractivity contribution in [1.82, 2.24) is 14.3 Å². The van der Waals surface area contributed by atoms with E-state index in [1.54, 1.807) is 0 Å². The lowest BCUT2D eigenvalue weighted by Crippen LogP contribution is -2.41. The van der Waals surface area contributed by atoms with Gasteiger partial charge in [-0.1, -0.05) is 6.07 Å². The van der Waals surface area contributed by atoms with E-state index in [-0.39, 0.29) is 42.1 Å². The molecule has 12 heteroatoms. The van der Waals surface area contributed by atoms with Crippen LogP contribution in [0.1, 0.15) is 23.2 Å². The average molecular weight is 505 g/mol. The Bertz CT molecular complexity index is 1360. The molecule has 1 aliphatic rings. The normalized spacial score (nSPS) is 15.1. The number of carbonyl (C=O) groups is 1. The lowest BCUT2D eigenvalue weighted by atomic mass is 10.1. The first-order chi connectivity index (χ1) is 16.6. The van der Waals surface area contributed by atoms with Crippen LogP contribution in [0.2, 0.25) is 0 Å². The maximum Gasteiger partial charge on any atom is 0.339 e. The summed E-state index contributed by atoms with van der Waals surface area (Å²) in [5, 5.41) is 9.65. The molecular formula is C23H21F2N3O6S. The van der Waals surface area contributed by atoms with Gasteiger partial charge in [-0.05, 0) is 36.6 Å². The first-order valence-electron chi connectivity index (χ1n) is 10.5. The number of piperidine rings is 1. The number of hydrogen-bond donors (Lipinski definition) is 1. The average Bonchev–Trinajstić information content (AvgIpc) is 2.81. The van der Waals surface area contributed by atoms with Crippen LogP contribution in [0, 0.1) is 11.6 Å². The highest BCUT2D eigenvalue weighted by Gasteiger charge is 2.27. The largest absolute Gasteiger partial charge is 0.488 e.